The molecule has 0 saturated heterocycles. The minimum absolute atomic E-state index is 0.0500. The normalized spacial score (nSPS) is 16.6. The number of anilines is 1. The number of nitrogens with zero attached hydrogens (tertiary/aromatic N) is 4. The van der Waals surface area contributed by atoms with Gasteiger partial charge in [0.1, 0.15) is 5.82 Å². The highest BCUT2D eigenvalue weighted by Gasteiger charge is 2.34. The number of hydrogen-bond donors (Lipinski definition) is 0. The Balaban J connectivity index is 1.62. The third-order valence-corrected chi connectivity index (χ3v) is 6.52. The zero-order valence-electron chi connectivity index (χ0n) is 18.2. The topological polar surface area (TPSA) is 51.0 Å². The summed E-state index contributed by atoms with van der Waals surface area (Å²) in [4.78, 5) is 15.3. The number of carbonyl (C=O) groups excluding carboxylic acids is 1. The molecule has 5 nitrogen and oxygen atoms in total. The molecule has 7 heteroatoms. The van der Waals surface area contributed by atoms with E-state index < -0.39 is 0 Å². The number of aromatic nitrogens is 3. The van der Waals surface area contributed by atoms with Gasteiger partial charge in [-0.3, -0.25) is 4.79 Å². The quantitative estimate of drug-likeness (QED) is 0.497. The van der Waals surface area contributed by atoms with Gasteiger partial charge >= 0.3 is 0 Å². The monoisotopic (exact) mass is 438 g/mol. The summed E-state index contributed by atoms with van der Waals surface area (Å²) in [5.74, 6) is 0.531. The van der Waals surface area contributed by atoms with E-state index in [1.165, 1.54) is 23.4 Å². The van der Waals surface area contributed by atoms with Crippen molar-refractivity contribution in [3.05, 3.63) is 59.9 Å². The lowest BCUT2D eigenvalue weighted by molar-refractivity contribution is -0.118. The number of fused-ring (bicyclic) bond motifs is 1. The van der Waals surface area contributed by atoms with Crippen molar-refractivity contribution >= 4 is 23.4 Å². The van der Waals surface area contributed by atoms with Gasteiger partial charge in [-0.15, -0.1) is 10.2 Å². The summed E-state index contributed by atoms with van der Waals surface area (Å²) >= 11 is 1.38. The number of amides is 1. The van der Waals surface area contributed by atoms with Gasteiger partial charge in [-0.05, 0) is 49.9 Å². The second-order valence-corrected chi connectivity index (χ2v) is 9.75. The van der Waals surface area contributed by atoms with Crippen molar-refractivity contribution < 1.29 is 9.18 Å². The van der Waals surface area contributed by atoms with Crippen LogP contribution in [0.15, 0.2) is 53.7 Å². The smallest absolute Gasteiger partial charge is 0.240 e. The third-order valence-electron chi connectivity index (χ3n) is 5.45. The zero-order valence-corrected chi connectivity index (χ0v) is 19.1. The van der Waals surface area contributed by atoms with Crippen molar-refractivity contribution in [2.24, 2.45) is 5.92 Å². The average Bonchev–Trinajstić information content (AvgIpc) is 3.27. The Labute approximate surface area is 186 Å². The summed E-state index contributed by atoms with van der Waals surface area (Å²) in [6.45, 7) is 8.81. The number of thioether (sulfide) groups is 1. The number of hydrogen-bond acceptors (Lipinski definition) is 4. The van der Waals surface area contributed by atoms with Gasteiger partial charge in [-0.2, -0.15) is 0 Å². The first-order valence-electron chi connectivity index (χ1n) is 10.6. The van der Waals surface area contributed by atoms with E-state index in [9.17, 15) is 9.18 Å². The number of rotatable bonds is 6. The van der Waals surface area contributed by atoms with E-state index >= 15 is 0 Å². The van der Waals surface area contributed by atoms with Crippen LogP contribution in [-0.2, 0) is 17.8 Å². The molecule has 3 aromatic rings. The van der Waals surface area contributed by atoms with Gasteiger partial charge in [-0.25, -0.2) is 4.39 Å². The van der Waals surface area contributed by atoms with Gasteiger partial charge in [0.2, 0.25) is 5.91 Å². The molecular weight excluding hydrogens is 411 g/mol. The van der Waals surface area contributed by atoms with Crippen LogP contribution < -0.4 is 4.90 Å². The molecule has 2 heterocycles. The van der Waals surface area contributed by atoms with Crippen LogP contribution in [0.3, 0.4) is 0 Å². The van der Waals surface area contributed by atoms with Crippen molar-refractivity contribution in [3.8, 4) is 11.4 Å². The Kier molecular flexibility index (Phi) is 6.14. The molecule has 0 radical (unpaired) electrons. The van der Waals surface area contributed by atoms with Gasteiger partial charge in [0.15, 0.2) is 11.0 Å². The lowest BCUT2D eigenvalue weighted by atomic mass is 10.1. The van der Waals surface area contributed by atoms with Crippen LogP contribution in [0.2, 0.25) is 0 Å². The van der Waals surface area contributed by atoms with Gasteiger partial charge < -0.3 is 9.47 Å². The van der Waals surface area contributed by atoms with Crippen LogP contribution in [0.4, 0.5) is 10.1 Å². The summed E-state index contributed by atoms with van der Waals surface area (Å²) in [5, 5.41) is 8.91. The first-order valence-corrected chi connectivity index (χ1v) is 11.5. The third kappa shape index (κ3) is 4.24. The molecule has 0 N–H and O–H groups in total. The van der Waals surface area contributed by atoms with E-state index in [4.69, 9.17) is 0 Å². The maximum atomic E-state index is 14.4. The van der Waals surface area contributed by atoms with Crippen molar-refractivity contribution in [2.45, 2.75) is 57.1 Å². The van der Waals surface area contributed by atoms with E-state index in [0.29, 0.717) is 29.0 Å². The molecule has 0 spiro atoms. The van der Waals surface area contributed by atoms with Crippen molar-refractivity contribution in [2.75, 3.05) is 4.90 Å². The maximum Gasteiger partial charge on any atom is 0.240 e. The molecule has 1 aromatic heterocycles. The van der Waals surface area contributed by atoms with E-state index in [1.54, 1.807) is 18.2 Å². The first kappa shape index (κ1) is 21.6. The lowest BCUT2D eigenvalue weighted by Gasteiger charge is -2.25. The van der Waals surface area contributed by atoms with Gasteiger partial charge in [-0.1, -0.05) is 55.9 Å². The molecule has 2 aromatic carbocycles. The lowest BCUT2D eigenvalue weighted by Crippen LogP contribution is -2.40. The second-order valence-electron chi connectivity index (χ2n) is 8.44. The molecule has 1 amide bonds. The van der Waals surface area contributed by atoms with Crippen LogP contribution >= 0.6 is 11.8 Å². The highest BCUT2D eigenvalue weighted by Crippen LogP contribution is 2.35. The maximum absolute atomic E-state index is 14.4. The largest absolute Gasteiger partial charge is 0.308 e. The standard InChI is InChI=1S/C24H27FN4OS/c1-15(2)14-28-22(19-10-6-7-11-20(19)25)26-27-24(28)31-17(4)23(30)29-16(3)13-18-9-5-8-12-21(18)29/h5-12,15-17H,13-14H2,1-4H3. The van der Waals surface area contributed by atoms with Crippen molar-refractivity contribution in [1.29, 1.82) is 0 Å². The summed E-state index contributed by atoms with van der Waals surface area (Å²) in [6.07, 6.45) is 0.861. The number of benzene rings is 2. The fourth-order valence-corrected chi connectivity index (χ4v) is 4.96. The highest BCUT2D eigenvalue weighted by molar-refractivity contribution is 8.00. The molecule has 0 saturated carbocycles. The minimum Gasteiger partial charge on any atom is -0.308 e. The Bertz CT molecular complexity index is 1100. The van der Waals surface area contributed by atoms with Crippen molar-refractivity contribution in [1.82, 2.24) is 14.8 Å². The number of para-hydroxylation sites is 1. The van der Waals surface area contributed by atoms with Crippen LogP contribution in [0.5, 0.6) is 0 Å². The Morgan fingerprint density at radius 1 is 1.13 bits per heavy atom. The second kappa shape index (κ2) is 8.83. The van der Waals surface area contributed by atoms with Gasteiger partial charge in [0.05, 0.1) is 10.8 Å². The molecule has 2 atom stereocenters. The fraction of sp³-hybridized carbons (Fsp3) is 0.375. The summed E-state index contributed by atoms with van der Waals surface area (Å²) in [5.41, 5.74) is 2.61. The molecule has 1 aliphatic heterocycles. The predicted molar refractivity (Wildman–Crippen MR) is 123 cm³/mol. The molecule has 0 bridgehead atoms. The van der Waals surface area contributed by atoms with E-state index in [2.05, 4.69) is 37.0 Å². The van der Waals surface area contributed by atoms with Crippen LogP contribution in [0.1, 0.15) is 33.3 Å². The SMILES string of the molecule is CC(C)Cn1c(SC(C)C(=O)N2c3ccccc3CC2C)nnc1-c1ccccc1F. The summed E-state index contributed by atoms with van der Waals surface area (Å²) in [6, 6.07) is 14.8. The van der Waals surface area contributed by atoms with Crippen LogP contribution in [-0.4, -0.2) is 32.0 Å². The summed E-state index contributed by atoms with van der Waals surface area (Å²) in [7, 11) is 0. The van der Waals surface area contributed by atoms with E-state index in [1.807, 2.05) is 34.6 Å². The molecule has 4 rings (SSSR count). The van der Waals surface area contributed by atoms with Gasteiger partial charge in [0.25, 0.3) is 0 Å². The Morgan fingerprint density at radius 3 is 2.58 bits per heavy atom. The molecular formula is C24H27FN4OS. The van der Waals surface area contributed by atoms with Crippen LogP contribution in [0, 0.1) is 11.7 Å². The van der Waals surface area contributed by atoms with E-state index in [-0.39, 0.29) is 23.0 Å². The Hall–Kier alpha value is -2.67. The Morgan fingerprint density at radius 2 is 1.84 bits per heavy atom. The number of halogens is 1. The first-order chi connectivity index (χ1) is 14.9. The molecule has 2 unspecified atom stereocenters. The van der Waals surface area contributed by atoms with Gasteiger partial charge in [0, 0.05) is 18.3 Å². The summed E-state index contributed by atoms with van der Waals surface area (Å²) < 4.78 is 16.4. The predicted octanol–water partition coefficient (Wildman–Crippen LogP) is 5.20. The van der Waals surface area contributed by atoms with E-state index in [0.717, 1.165) is 12.1 Å². The molecule has 1 aliphatic rings. The molecule has 162 valence electrons. The molecule has 0 aliphatic carbocycles. The average molecular weight is 439 g/mol. The molecule has 31 heavy (non-hydrogen) atoms. The minimum atomic E-state index is -0.350. The zero-order chi connectivity index (χ0) is 22.1. The fourth-order valence-electron chi connectivity index (χ4n) is 4.05. The van der Waals surface area contributed by atoms with Crippen LogP contribution in [0.25, 0.3) is 11.4 Å². The molecule has 0 fully saturated rings. The number of carbonyl (C=O) groups is 1. The van der Waals surface area contributed by atoms with Crippen molar-refractivity contribution in [3.63, 3.8) is 0 Å². The highest BCUT2D eigenvalue weighted by atomic mass is 32.2.